The SMILES string of the molecule is CCOC(=O)c1cc(C(F)(F)F)cc(C)c1O. The third kappa shape index (κ3) is 2.89. The Morgan fingerprint density at radius 2 is 2.00 bits per heavy atom. The number of rotatable bonds is 2. The van der Waals surface area contributed by atoms with Crippen LogP contribution in [-0.2, 0) is 10.9 Å². The lowest BCUT2D eigenvalue weighted by molar-refractivity contribution is -0.137. The van der Waals surface area contributed by atoms with Crippen LogP contribution in [0.15, 0.2) is 12.1 Å². The third-order valence-electron chi connectivity index (χ3n) is 2.12. The maximum absolute atomic E-state index is 12.5. The van der Waals surface area contributed by atoms with Crippen LogP contribution in [-0.4, -0.2) is 17.7 Å². The second-order valence-corrected chi connectivity index (χ2v) is 3.41. The summed E-state index contributed by atoms with van der Waals surface area (Å²) in [5.41, 5.74) is -1.49. The van der Waals surface area contributed by atoms with Crippen molar-refractivity contribution in [1.29, 1.82) is 0 Å². The largest absolute Gasteiger partial charge is 0.507 e. The highest BCUT2D eigenvalue weighted by Gasteiger charge is 2.32. The number of benzene rings is 1. The van der Waals surface area contributed by atoms with Crippen LogP contribution in [0.2, 0.25) is 0 Å². The zero-order valence-electron chi connectivity index (χ0n) is 9.26. The van der Waals surface area contributed by atoms with E-state index in [9.17, 15) is 23.1 Å². The number of alkyl halides is 3. The van der Waals surface area contributed by atoms with Gasteiger partial charge in [-0.05, 0) is 31.5 Å². The van der Waals surface area contributed by atoms with Gasteiger partial charge in [-0.2, -0.15) is 13.2 Å². The summed E-state index contributed by atoms with van der Waals surface area (Å²) in [4.78, 5) is 11.3. The summed E-state index contributed by atoms with van der Waals surface area (Å²) < 4.78 is 42.1. The van der Waals surface area contributed by atoms with Gasteiger partial charge in [0, 0.05) is 0 Å². The molecule has 1 N–H and O–H groups in total. The number of halogens is 3. The zero-order chi connectivity index (χ0) is 13.2. The van der Waals surface area contributed by atoms with Gasteiger partial charge >= 0.3 is 12.1 Å². The normalized spacial score (nSPS) is 11.4. The van der Waals surface area contributed by atoms with E-state index < -0.39 is 29.0 Å². The molecule has 1 rings (SSSR count). The molecule has 1 aromatic carbocycles. The molecule has 0 saturated carbocycles. The fraction of sp³-hybridized carbons (Fsp3) is 0.364. The maximum Gasteiger partial charge on any atom is 0.416 e. The Morgan fingerprint density at radius 3 is 2.47 bits per heavy atom. The van der Waals surface area contributed by atoms with Crippen LogP contribution >= 0.6 is 0 Å². The molecule has 0 bridgehead atoms. The highest BCUT2D eigenvalue weighted by atomic mass is 19.4. The minimum Gasteiger partial charge on any atom is -0.507 e. The highest BCUT2D eigenvalue weighted by Crippen LogP contribution is 2.34. The first kappa shape index (κ1) is 13.3. The molecule has 0 amide bonds. The summed E-state index contributed by atoms with van der Waals surface area (Å²) >= 11 is 0. The zero-order valence-corrected chi connectivity index (χ0v) is 9.26. The topological polar surface area (TPSA) is 46.5 Å². The van der Waals surface area contributed by atoms with Crippen LogP contribution in [0.1, 0.15) is 28.4 Å². The van der Waals surface area contributed by atoms with E-state index in [2.05, 4.69) is 4.74 Å². The van der Waals surface area contributed by atoms with Crippen LogP contribution in [0.3, 0.4) is 0 Å². The standard InChI is InChI=1S/C11H11F3O3/c1-3-17-10(16)8-5-7(11(12,13)14)4-6(2)9(8)15/h4-5,15H,3H2,1-2H3. The monoisotopic (exact) mass is 248 g/mol. The smallest absolute Gasteiger partial charge is 0.416 e. The van der Waals surface area contributed by atoms with Gasteiger partial charge in [-0.15, -0.1) is 0 Å². The van der Waals surface area contributed by atoms with Crippen LogP contribution in [0.4, 0.5) is 13.2 Å². The first-order valence-electron chi connectivity index (χ1n) is 4.85. The summed E-state index contributed by atoms with van der Waals surface area (Å²) in [7, 11) is 0. The quantitative estimate of drug-likeness (QED) is 0.818. The van der Waals surface area contributed by atoms with Gasteiger partial charge in [0.1, 0.15) is 11.3 Å². The van der Waals surface area contributed by atoms with Gasteiger partial charge in [0.25, 0.3) is 0 Å². The molecule has 6 heteroatoms. The van der Waals surface area contributed by atoms with Crippen molar-refractivity contribution in [2.45, 2.75) is 20.0 Å². The summed E-state index contributed by atoms with van der Waals surface area (Å²) in [6.07, 6.45) is -4.57. The Morgan fingerprint density at radius 1 is 1.41 bits per heavy atom. The van der Waals surface area contributed by atoms with Crippen molar-refractivity contribution in [3.8, 4) is 5.75 Å². The Hall–Kier alpha value is -1.72. The molecule has 1 aromatic rings. The van der Waals surface area contributed by atoms with E-state index in [1.54, 1.807) is 0 Å². The lowest BCUT2D eigenvalue weighted by atomic mass is 10.0. The van der Waals surface area contributed by atoms with Crippen LogP contribution in [0.5, 0.6) is 5.75 Å². The second-order valence-electron chi connectivity index (χ2n) is 3.41. The van der Waals surface area contributed by atoms with Gasteiger partial charge in [-0.25, -0.2) is 4.79 Å². The van der Waals surface area contributed by atoms with E-state index in [4.69, 9.17) is 0 Å². The van der Waals surface area contributed by atoms with Gasteiger partial charge in [0.2, 0.25) is 0 Å². The summed E-state index contributed by atoms with van der Waals surface area (Å²) in [5, 5.41) is 9.52. The number of phenols is 1. The van der Waals surface area contributed by atoms with Crippen molar-refractivity contribution in [2.75, 3.05) is 6.61 Å². The first-order chi connectivity index (χ1) is 7.77. The number of aromatic hydroxyl groups is 1. The lowest BCUT2D eigenvalue weighted by Gasteiger charge is -2.12. The number of carbonyl (C=O) groups is 1. The predicted molar refractivity (Wildman–Crippen MR) is 53.8 cm³/mol. The molecule has 0 atom stereocenters. The number of carbonyl (C=O) groups excluding carboxylic acids is 1. The van der Waals surface area contributed by atoms with Crippen molar-refractivity contribution in [2.24, 2.45) is 0 Å². The Balaban J connectivity index is 3.30. The molecular formula is C11H11F3O3. The maximum atomic E-state index is 12.5. The van der Waals surface area contributed by atoms with Gasteiger partial charge in [-0.1, -0.05) is 0 Å². The van der Waals surface area contributed by atoms with Crippen LogP contribution in [0, 0.1) is 6.92 Å². The van der Waals surface area contributed by atoms with Crippen molar-refractivity contribution < 1.29 is 27.8 Å². The molecule has 0 unspecified atom stereocenters. The number of phenolic OH excluding ortho intramolecular Hbond substituents is 1. The number of hydrogen-bond acceptors (Lipinski definition) is 3. The highest BCUT2D eigenvalue weighted by molar-refractivity contribution is 5.93. The first-order valence-corrected chi connectivity index (χ1v) is 4.85. The second kappa shape index (κ2) is 4.65. The number of hydrogen-bond donors (Lipinski definition) is 1. The van der Waals surface area contributed by atoms with E-state index in [0.29, 0.717) is 6.07 Å². The Labute approximate surface area is 95.8 Å². The molecule has 94 valence electrons. The van der Waals surface area contributed by atoms with Crippen molar-refractivity contribution in [3.05, 3.63) is 28.8 Å². The minimum absolute atomic E-state index is 0.0214. The molecule has 0 heterocycles. The van der Waals surface area contributed by atoms with Crippen LogP contribution < -0.4 is 0 Å². The summed E-state index contributed by atoms with van der Waals surface area (Å²) in [5.74, 6) is -1.46. The van der Waals surface area contributed by atoms with Gasteiger partial charge < -0.3 is 9.84 Å². The summed E-state index contributed by atoms with van der Waals surface area (Å²) in [6.45, 7) is 2.83. The van der Waals surface area contributed by atoms with Gasteiger partial charge in [-0.3, -0.25) is 0 Å². The van der Waals surface area contributed by atoms with E-state index in [1.807, 2.05) is 0 Å². The molecular weight excluding hydrogens is 237 g/mol. The number of ether oxygens (including phenoxy) is 1. The van der Waals surface area contributed by atoms with Crippen molar-refractivity contribution in [3.63, 3.8) is 0 Å². The minimum atomic E-state index is -4.57. The molecule has 0 radical (unpaired) electrons. The average Bonchev–Trinajstić information content (AvgIpc) is 2.20. The molecule has 0 aliphatic carbocycles. The number of esters is 1. The lowest BCUT2D eigenvalue weighted by Crippen LogP contribution is -2.10. The van der Waals surface area contributed by atoms with E-state index in [1.165, 1.54) is 13.8 Å². The van der Waals surface area contributed by atoms with Crippen molar-refractivity contribution in [1.82, 2.24) is 0 Å². The fourth-order valence-corrected chi connectivity index (χ4v) is 1.31. The molecule has 0 aliphatic rings. The molecule has 0 fully saturated rings. The Kier molecular flexibility index (Phi) is 3.65. The molecule has 0 aromatic heterocycles. The average molecular weight is 248 g/mol. The van der Waals surface area contributed by atoms with Gasteiger partial charge in [0.15, 0.2) is 0 Å². The molecule has 0 aliphatic heterocycles. The fourth-order valence-electron chi connectivity index (χ4n) is 1.31. The Bertz CT molecular complexity index is 438. The number of aryl methyl sites for hydroxylation is 1. The van der Waals surface area contributed by atoms with Crippen LogP contribution in [0.25, 0.3) is 0 Å². The molecule has 0 spiro atoms. The van der Waals surface area contributed by atoms with Crippen molar-refractivity contribution >= 4 is 5.97 Å². The van der Waals surface area contributed by atoms with E-state index in [-0.39, 0.29) is 12.2 Å². The predicted octanol–water partition coefficient (Wildman–Crippen LogP) is 2.90. The van der Waals surface area contributed by atoms with E-state index >= 15 is 0 Å². The molecule has 3 nitrogen and oxygen atoms in total. The van der Waals surface area contributed by atoms with Gasteiger partial charge in [0.05, 0.1) is 12.2 Å². The molecule has 17 heavy (non-hydrogen) atoms. The third-order valence-corrected chi connectivity index (χ3v) is 2.12. The summed E-state index contributed by atoms with van der Waals surface area (Å²) in [6, 6.07) is 1.36. The van der Waals surface area contributed by atoms with E-state index in [0.717, 1.165) is 6.07 Å². The molecule has 0 saturated heterocycles.